The summed E-state index contributed by atoms with van der Waals surface area (Å²) in [6.45, 7) is 5.01. The number of amides is 1. The molecule has 1 aromatic carbocycles. The van der Waals surface area contributed by atoms with E-state index in [0.717, 1.165) is 5.56 Å². The number of nitrogen functional groups attached to an aromatic ring is 1. The second kappa shape index (κ2) is 9.53. The SMILES string of the molecule is CC(C)n1cc(-c2nc(C(=O)NCCN(C)C)c(N)nc2-c2ccccc2)ccc1=O. The normalized spacial score (nSPS) is 11.2. The van der Waals surface area contributed by atoms with Gasteiger partial charge in [0.25, 0.3) is 11.5 Å². The third kappa shape index (κ3) is 5.16. The Morgan fingerprint density at radius 2 is 1.74 bits per heavy atom. The Labute approximate surface area is 181 Å². The second-order valence-corrected chi connectivity index (χ2v) is 7.84. The highest BCUT2D eigenvalue weighted by atomic mass is 16.2. The number of nitrogens with two attached hydrogens (primary N) is 1. The molecule has 0 aliphatic carbocycles. The number of hydrogen-bond acceptors (Lipinski definition) is 6. The average Bonchev–Trinajstić information content (AvgIpc) is 2.74. The van der Waals surface area contributed by atoms with E-state index in [0.29, 0.717) is 30.0 Å². The minimum Gasteiger partial charge on any atom is -0.382 e. The van der Waals surface area contributed by atoms with Crippen LogP contribution in [0.1, 0.15) is 30.4 Å². The van der Waals surface area contributed by atoms with Gasteiger partial charge in [-0.15, -0.1) is 0 Å². The molecule has 3 rings (SSSR count). The number of nitrogens with one attached hydrogen (secondary N) is 1. The van der Waals surface area contributed by atoms with Crippen LogP contribution in [0.4, 0.5) is 5.82 Å². The van der Waals surface area contributed by atoms with Crippen molar-refractivity contribution in [3.8, 4) is 22.5 Å². The molecule has 2 heterocycles. The van der Waals surface area contributed by atoms with Crippen molar-refractivity contribution in [2.75, 3.05) is 32.9 Å². The third-order valence-corrected chi connectivity index (χ3v) is 4.80. The van der Waals surface area contributed by atoms with Crippen molar-refractivity contribution in [2.45, 2.75) is 19.9 Å². The van der Waals surface area contributed by atoms with Crippen LogP contribution in [0.2, 0.25) is 0 Å². The van der Waals surface area contributed by atoms with Crippen LogP contribution < -0.4 is 16.6 Å². The number of carbonyl (C=O) groups excluding carboxylic acids is 1. The van der Waals surface area contributed by atoms with Crippen molar-refractivity contribution < 1.29 is 4.79 Å². The Balaban J connectivity index is 2.14. The molecule has 0 saturated heterocycles. The summed E-state index contributed by atoms with van der Waals surface area (Å²) in [5, 5.41) is 2.83. The smallest absolute Gasteiger partial charge is 0.273 e. The van der Waals surface area contributed by atoms with Gasteiger partial charge >= 0.3 is 0 Å². The van der Waals surface area contributed by atoms with Gasteiger partial charge in [0, 0.05) is 42.5 Å². The fourth-order valence-corrected chi connectivity index (χ4v) is 3.14. The Hall–Kier alpha value is -3.52. The number of benzene rings is 1. The van der Waals surface area contributed by atoms with Crippen molar-refractivity contribution >= 4 is 11.7 Å². The van der Waals surface area contributed by atoms with Gasteiger partial charge in [0.15, 0.2) is 11.5 Å². The van der Waals surface area contributed by atoms with Crippen LogP contribution in [0.15, 0.2) is 53.5 Å². The summed E-state index contributed by atoms with van der Waals surface area (Å²) >= 11 is 0. The van der Waals surface area contributed by atoms with Gasteiger partial charge in [-0.1, -0.05) is 30.3 Å². The zero-order chi connectivity index (χ0) is 22.5. The van der Waals surface area contributed by atoms with Crippen molar-refractivity contribution in [1.82, 2.24) is 24.8 Å². The standard InChI is InChI=1S/C23H28N6O2/c1-15(2)29-14-17(10-11-18(29)30)20-19(16-8-6-5-7-9-16)27-22(24)21(26-20)23(31)25-12-13-28(3)4/h5-11,14-15H,12-13H2,1-4H3,(H2,24,27)(H,25,31). The van der Waals surface area contributed by atoms with Gasteiger partial charge in [-0.25, -0.2) is 9.97 Å². The summed E-state index contributed by atoms with van der Waals surface area (Å²) in [7, 11) is 3.85. The predicted molar refractivity (Wildman–Crippen MR) is 123 cm³/mol. The molecular formula is C23H28N6O2. The molecule has 2 aromatic heterocycles. The van der Waals surface area contributed by atoms with Crippen LogP contribution in [0.5, 0.6) is 0 Å². The molecule has 0 aliphatic heterocycles. The van der Waals surface area contributed by atoms with E-state index < -0.39 is 0 Å². The van der Waals surface area contributed by atoms with Gasteiger partial charge in [-0.2, -0.15) is 0 Å². The number of nitrogens with zero attached hydrogens (tertiary/aromatic N) is 4. The number of aromatic nitrogens is 3. The van der Waals surface area contributed by atoms with E-state index in [9.17, 15) is 9.59 Å². The predicted octanol–water partition coefficient (Wildman–Crippen LogP) is 2.43. The molecule has 31 heavy (non-hydrogen) atoms. The zero-order valence-corrected chi connectivity index (χ0v) is 18.3. The lowest BCUT2D eigenvalue weighted by Crippen LogP contribution is -2.32. The van der Waals surface area contributed by atoms with E-state index in [1.165, 1.54) is 6.07 Å². The van der Waals surface area contributed by atoms with E-state index >= 15 is 0 Å². The van der Waals surface area contributed by atoms with Crippen LogP contribution in [0.25, 0.3) is 22.5 Å². The Morgan fingerprint density at radius 3 is 2.39 bits per heavy atom. The highest BCUT2D eigenvalue weighted by Gasteiger charge is 2.20. The summed E-state index contributed by atoms with van der Waals surface area (Å²) in [5.41, 5.74) is 8.65. The fourth-order valence-electron chi connectivity index (χ4n) is 3.14. The molecule has 0 aliphatic rings. The van der Waals surface area contributed by atoms with E-state index in [-0.39, 0.29) is 29.0 Å². The van der Waals surface area contributed by atoms with Gasteiger partial charge in [0.1, 0.15) is 0 Å². The Morgan fingerprint density at radius 1 is 1.06 bits per heavy atom. The summed E-state index contributed by atoms with van der Waals surface area (Å²) in [6.07, 6.45) is 1.74. The lowest BCUT2D eigenvalue weighted by Gasteiger charge is -2.16. The van der Waals surface area contributed by atoms with Crippen LogP contribution in [0.3, 0.4) is 0 Å². The molecule has 0 saturated carbocycles. The molecule has 3 aromatic rings. The van der Waals surface area contributed by atoms with E-state index in [2.05, 4.69) is 15.3 Å². The summed E-state index contributed by atoms with van der Waals surface area (Å²) in [4.78, 5) is 36.1. The molecule has 0 fully saturated rings. The van der Waals surface area contributed by atoms with Crippen LogP contribution in [-0.2, 0) is 0 Å². The average molecular weight is 421 g/mol. The maximum Gasteiger partial charge on any atom is 0.273 e. The number of hydrogen-bond donors (Lipinski definition) is 2. The largest absolute Gasteiger partial charge is 0.382 e. The van der Waals surface area contributed by atoms with Crippen LogP contribution in [-0.4, -0.2) is 52.5 Å². The minimum atomic E-state index is -0.384. The highest BCUT2D eigenvalue weighted by Crippen LogP contribution is 2.30. The number of carbonyl (C=O) groups is 1. The van der Waals surface area contributed by atoms with Gasteiger partial charge in [-0.05, 0) is 34.0 Å². The first-order valence-electron chi connectivity index (χ1n) is 10.2. The van der Waals surface area contributed by atoms with Crippen LogP contribution in [0, 0.1) is 0 Å². The summed E-state index contributed by atoms with van der Waals surface area (Å²) in [6, 6.07) is 12.7. The van der Waals surface area contributed by atoms with Crippen molar-refractivity contribution in [1.29, 1.82) is 0 Å². The molecule has 0 spiro atoms. The molecule has 1 amide bonds. The number of likely N-dealkylation sites (N-methyl/N-ethyl adjacent to an activating group) is 1. The maximum absolute atomic E-state index is 12.7. The monoisotopic (exact) mass is 420 g/mol. The molecule has 0 unspecified atom stereocenters. The molecule has 0 bridgehead atoms. The molecule has 162 valence electrons. The first-order chi connectivity index (χ1) is 14.8. The van der Waals surface area contributed by atoms with Gasteiger partial charge in [0.05, 0.1) is 11.4 Å². The van der Waals surface area contributed by atoms with Gasteiger partial charge < -0.3 is 20.5 Å². The molecular weight excluding hydrogens is 392 g/mol. The maximum atomic E-state index is 12.7. The molecule has 0 radical (unpaired) electrons. The van der Waals surface area contributed by atoms with Crippen molar-refractivity contribution in [3.05, 3.63) is 64.7 Å². The molecule has 3 N–H and O–H groups in total. The highest BCUT2D eigenvalue weighted by molar-refractivity contribution is 5.98. The molecule has 8 nitrogen and oxygen atoms in total. The Bertz CT molecular complexity index is 1120. The number of pyridine rings is 1. The summed E-state index contributed by atoms with van der Waals surface area (Å²) < 4.78 is 1.62. The van der Waals surface area contributed by atoms with E-state index in [1.54, 1.807) is 16.8 Å². The van der Waals surface area contributed by atoms with E-state index in [1.807, 2.05) is 63.2 Å². The van der Waals surface area contributed by atoms with Gasteiger partial charge in [0.2, 0.25) is 0 Å². The second-order valence-electron chi connectivity index (χ2n) is 7.84. The third-order valence-electron chi connectivity index (χ3n) is 4.80. The fraction of sp³-hybridized carbons (Fsp3) is 0.304. The first-order valence-corrected chi connectivity index (χ1v) is 10.2. The van der Waals surface area contributed by atoms with Crippen molar-refractivity contribution in [3.63, 3.8) is 0 Å². The molecule has 8 heteroatoms. The Kier molecular flexibility index (Phi) is 6.81. The van der Waals surface area contributed by atoms with Crippen LogP contribution >= 0.6 is 0 Å². The molecule has 0 atom stereocenters. The minimum absolute atomic E-state index is 0.0248. The number of anilines is 1. The van der Waals surface area contributed by atoms with E-state index in [4.69, 9.17) is 5.73 Å². The summed E-state index contributed by atoms with van der Waals surface area (Å²) in [5.74, 6) is -0.327. The lowest BCUT2D eigenvalue weighted by molar-refractivity contribution is 0.0947. The topological polar surface area (TPSA) is 106 Å². The quantitative estimate of drug-likeness (QED) is 0.608. The number of rotatable bonds is 7. The zero-order valence-electron chi connectivity index (χ0n) is 18.3. The lowest BCUT2D eigenvalue weighted by atomic mass is 10.0. The van der Waals surface area contributed by atoms with Gasteiger partial charge in [-0.3, -0.25) is 9.59 Å². The first kappa shape index (κ1) is 22.2. The van der Waals surface area contributed by atoms with Crippen molar-refractivity contribution in [2.24, 2.45) is 0 Å².